The van der Waals surface area contributed by atoms with Gasteiger partial charge in [-0.1, -0.05) is 50.3 Å². The number of allylic oxidation sites excluding steroid dienone is 8. The van der Waals surface area contributed by atoms with Crippen molar-refractivity contribution in [1.82, 2.24) is 0 Å². The molecule has 0 aliphatic heterocycles. The van der Waals surface area contributed by atoms with E-state index in [1.54, 1.807) is 0 Å². The first-order valence-corrected chi connectivity index (χ1v) is 11.9. The third-order valence-corrected chi connectivity index (χ3v) is 7.05. The molecule has 0 saturated heterocycles. The number of ketones is 4. The van der Waals surface area contributed by atoms with E-state index in [-0.39, 0.29) is 0 Å². The molecule has 0 amide bonds. The first-order valence-electron chi connectivity index (χ1n) is 11.9. The Kier molecular flexibility index (Phi) is 7.94. The fourth-order valence-corrected chi connectivity index (χ4v) is 4.74. The molecule has 2 aromatic rings. The van der Waals surface area contributed by atoms with Gasteiger partial charge in [-0.25, -0.2) is 43.9 Å². The molecule has 4 nitrogen and oxygen atoms in total. The van der Waals surface area contributed by atoms with Gasteiger partial charge in [0.15, 0.2) is 69.7 Å². The van der Waals surface area contributed by atoms with Crippen LogP contribution in [-0.4, -0.2) is 23.1 Å². The Morgan fingerprint density at radius 2 is 0.767 bits per heavy atom. The molecule has 2 aromatic carbocycles. The Morgan fingerprint density at radius 1 is 0.512 bits per heavy atom. The van der Waals surface area contributed by atoms with Crippen LogP contribution in [0.1, 0.15) is 34.6 Å². The first-order chi connectivity index (χ1) is 20.0. The molecular formula is C29H14F10O4. The number of carbonyl (C=O) groups is 4. The molecule has 0 radical (unpaired) electrons. The topological polar surface area (TPSA) is 68.3 Å². The van der Waals surface area contributed by atoms with E-state index >= 15 is 0 Å². The summed E-state index contributed by atoms with van der Waals surface area (Å²) in [5, 5.41) is 0. The summed E-state index contributed by atoms with van der Waals surface area (Å²) in [7, 11) is 0. The standard InChI is InChI=1S/C29H14F10O4/c1-29(2,11-7-3-5-9(25(11)40)27(42)13-15(30)19(34)23(38)20(35)16(13)31)12-8-4-6-10(26(12)41)28(43)14-17(32)21(36)24(39)22(37)18(14)33/h3-10H,1-2H3. The van der Waals surface area contributed by atoms with Crippen molar-refractivity contribution in [2.24, 2.45) is 17.3 Å². The van der Waals surface area contributed by atoms with E-state index in [4.69, 9.17) is 0 Å². The van der Waals surface area contributed by atoms with Gasteiger partial charge in [-0.3, -0.25) is 19.2 Å². The van der Waals surface area contributed by atoms with Gasteiger partial charge in [0, 0.05) is 16.6 Å². The van der Waals surface area contributed by atoms with Crippen LogP contribution in [-0.2, 0) is 9.59 Å². The second-order valence-electron chi connectivity index (χ2n) is 9.86. The zero-order valence-corrected chi connectivity index (χ0v) is 21.5. The van der Waals surface area contributed by atoms with Crippen LogP contribution in [0.3, 0.4) is 0 Å². The van der Waals surface area contributed by atoms with Crippen molar-refractivity contribution in [1.29, 1.82) is 0 Å². The zero-order valence-electron chi connectivity index (χ0n) is 21.5. The molecule has 2 unspecified atom stereocenters. The number of rotatable bonds is 6. The average molecular weight is 616 g/mol. The maximum Gasteiger partial charge on any atom is 0.200 e. The molecule has 0 saturated carbocycles. The molecule has 43 heavy (non-hydrogen) atoms. The SMILES string of the molecule is CC(C)(C1=CC=CC(C(=O)c2c(F)c(F)c(F)c(F)c2F)C1=O)C1=CC=CC(C(=O)c2c(F)c(F)c(F)c(F)c2F)C1=O. The molecule has 0 bridgehead atoms. The van der Waals surface area contributed by atoms with Crippen LogP contribution < -0.4 is 0 Å². The zero-order chi connectivity index (χ0) is 32.3. The quantitative estimate of drug-likeness (QED) is 0.122. The van der Waals surface area contributed by atoms with Crippen LogP contribution in [0.5, 0.6) is 0 Å². The van der Waals surface area contributed by atoms with Crippen molar-refractivity contribution >= 4 is 23.1 Å². The van der Waals surface area contributed by atoms with E-state index in [9.17, 15) is 63.1 Å². The van der Waals surface area contributed by atoms with Gasteiger partial charge in [-0.15, -0.1) is 0 Å². The minimum atomic E-state index is -2.54. The average Bonchev–Trinajstić information content (AvgIpc) is 2.97. The van der Waals surface area contributed by atoms with Crippen LogP contribution >= 0.6 is 0 Å². The summed E-state index contributed by atoms with van der Waals surface area (Å²) >= 11 is 0. The predicted molar refractivity (Wildman–Crippen MR) is 126 cm³/mol. The van der Waals surface area contributed by atoms with E-state index in [1.165, 1.54) is 13.8 Å². The Labute approximate surface area is 234 Å². The van der Waals surface area contributed by atoms with E-state index < -0.39 is 121 Å². The molecule has 14 heteroatoms. The molecule has 0 N–H and O–H groups in total. The number of halogens is 10. The van der Waals surface area contributed by atoms with Gasteiger partial charge in [0.25, 0.3) is 0 Å². The molecule has 2 aliphatic rings. The Bertz CT molecular complexity index is 1600. The number of hydrogen-bond donors (Lipinski definition) is 0. The van der Waals surface area contributed by atoms with Gasteiger partial charge in [0.1, 0.15) is 11.8 Å². The number of benzene rings is 2. The summed E-state index contributed by atoms with van der Waals surface area (Å²) in [5.41, 5.74) is -6.46. The Hall–Kier alpha value is -4.62. The maximum absolute atomic E-state index is 14.3. The van der Waals surface area contributed by atoms with Crippen molar-refractivity contribution in [3.8, 4) is 0 Å². The summed E-state index contributed by atoms with van der Waals surface area (Å²) in [4.78, 5) is 52.5. The summed E-state index contributed by atoms with van der Waals surface area (Å²) in [6.07, 6.45) is 5.75. The van der Waals surface area contributed by atoms with Crippen molar-refractivity contribution in [3.05, 3.63) is 117 Å². The highest BCUT2D eigenvalue weighted by molar-refractivity contribution is 6.22. The van der Waals surface area contributed by atoms with E-state index in [0.717, 1.165) is 36.5 Å². The van der Waals surface area contributed by atoms with Crippen LogP contribution in [0, 0.1) is 75.4 Å². The third kappa shape index (κ3) is 4.74. The van der Waals surface area contributed by atoms with Crippen LogP contribution in [0.2, 0.25) is 0 Å². The second kappa shape index (κ2) is 10.9. The summed E-state index contributed by atoms with van der Waals surface area (Å²) in [6.45, 7) is 2.39. The molecular weight excluding hydrogens is 602 g/mol. The number of hydrogen-bond acceptors (Lipinski definition) is 4. The maximum atomic E-state index is 14.3. The lowest BCUT2D eigenvalue weighted by atomic mass is 9.67. The first kappa shape index (κ1) is 31.3. The molecule has 2 atom stereocenters. The second-order valence-corrected chi connectivity index (χ2v) is 9.86. The minimum Gasteiger partial charge on any atom is -0.293 e. The molecule has 0 aromatic heterocycles. The third-order valence-electron chi connectivity index (χ3n) is 7.05. The highest BCUT2D eigenvalue weighted by atomic mass is 19.2. The summed E-state index contributed by atoms with van der Waals surface area (Å²) in [6, 6.07) is 0. The highest BCUT2D eigenvalue weighted by Gasteiger charge is 2.45. The number of Topliss-reactive ketones (excluding diaryl/α,β-unsaturated/α-hetero) is 4. The fraction of sp³-hybridized carbons (Fsp3) is 0.172. The van der Waals surface area contributed by atoms with Crippen molar-refractivity contribution in [3.63, 3.8) is 0 Å². The van der Waals surface area contributed by atoms with E-state index in [1.807, 2.05) is 0 Å². The van der Waals surface area contributed by atoms with Crippen molar-refractivity contribution < 1.29 is 63.1 Å². The smallest absolute Gasteiger partial charge is 0.200 e. The monoisotopic (exact) mass is 616 g/mol. The minimum absolute atomic E-state index is 0.436. The van der Waals surface area contributed by atoms with Gasteiger partial charge < -0.3 is 0 Å². The summed E-state index contributed by atoms with van der Waals surface area (Å²) in [5.74, 6) is -35.1. The Balaban J connectivity index is 1.69. The van der Waals surface area contributed by atoms with Crippen LogP contribution in [0.4, 0.5) is 43.9 Å². The van der Waals surface area contributed by atoms with Gasteiger partial charge in [0.05, 0.1) is 11.1 Å². The molecule has 0 spiro atoms. The van der Waals surface area contributed by atoms with E-state index in [2.05, 4.69) is 0 Å². The van der Waals surface area contributed by atoms with Crippen LogP contribution in [0.25, 0.3) is 0 Å². The normalized spacial score (nSPS) is 18.6. The van der Waals surface area contributed by atoms with Crippen LogP contribution in [0.15, 0.2) is 47.6 Å². The largest absolute Gasteiger partial charge is 0.293 e. The van der Waals surface area contributed by atoms with Gasteiger partial charge in [-0.05, 0) is 0 Å². The van der Waals surface area contributed by atoms with E-state index in [0.29, 0.717) is 0 Å². The lowest BCUT2D eigenvalue weighted by Gasteiger charge is -2.34. The molecule has 0 fully saturated rings. The predicted octanol–water partition coefficient (Wildman–Crippen LogP) is 6.53. The summed E-state index contributed by atoms with van der Waals surface area (Å²) < 4.78 is 139. The highest BCUT2D eigenvalue weighted by Crippen LogP contribution is 2.42. The van der Waals surface area contributed by atoms with Crippen molar-refractivity contribution in [2.45, 2.75) is 13.8 Å². The van der Waals surface area contributed by atoms with Gasteiger partial charge in [-0.2, -0.15) is 0 Å². The molecule has 2 aliphatic carbocycles. The molecule has 224 valence electrons. The lowest BCUT2D eigenvalue weighted by Crippen LogP contribution is -2.38. The van der Waals surface area contributed by atoms with Gasteiger partial charge >= 0.3 is 0 Å². The Morgan fingerprint density at radius 3 is 1.05 bits per heavy atom. The molecule has 0 heterocycles. The lowest BCUT2D eigenvalue weighted by molar-refractivity contribution is -0.118. The number of carbonyl (C=O) groups excluding carboxylic acids is 4. The molecule has 4 rings (SSSR count). The van der Waals surface area contributed by atoms with Gasteiger partial charge in [0.2, 0.25) is 11.6 Å². The van der Waals surface area contributed by atoms with Crippen molar-refractivity contribution in [2.75, 3.05) is 0 Å². The fourth-order valence-electron chi connectivity index (χ4n) is 4.74.